The minimum Gasteiger partial charge on any atom is -0.507 e. The Balaban J connectivity index is 2.72. The molecule has 3 nitrogen and oxygen atoms in total. The maximum atomic E-state index is 11.6. The number of phenolic OH excluding ortho intramolecular Hbond substituents is 1. The zero-order valence-electron chi connectivity index (χ0n) is 10.2. The first-order valence-electron chi connectivity index (χ1n) is 5.71. The molecule has 0 aliphatic rings. The number of para-hydroxylation sites is 1. The van der Waals surface area contributed by atoms with Gasteiger partial charge in [-0.25, -0.2) is 0 Å². The van der Waals surface area contributed by atoms with Crippen LogP contribution in [0.25, 0.3) is 0 Å². The summed E-state index contributed by atoms with van der Waals surface area (Å²) in [4.78, 5) is 12.3. The summed E-state index contributed by atoms with van der Waals surface area (Å²) in [5, 5.41) is 9.42. The molecule has 1 atom stereocenters. The van der Waals surface area contributed by atoms with E-state index < -0.39 is 0 Å². The third-order valence-corrected chi connectivity index (χ3v) is 3.73. The fraction of sp³-hybridized carbons (Fsp3) is 0.462. The van der Waals surface area contributed by atoms with Crippen molar-refractivity contribution in [1.82, 2.24) is 0 Å². The molecular formula is C13H18O3S. The van der Waals surface area contributed by atoms with Crippen LogP contribution in [0.3, 0.4) is 0 Å². The average Bonchev–Trinajstić information content (AvgIpc) is 2.35. The first-order chi connectivity index (χ1) is 8.19. The lowest BCUT2D eigenvalue weighted by Crippen LogP contribution is -2.18. The monoisotopic (exact) mass is 254 g/mol. The van der Waals surface area contributed by atoms with Crippen LogP contribution in [0.4, 0.5) is 0 Å². The van der Waals surface area contributed by atoms with E-state index in [9.17, 15) is 9.90 Å². The highest BCUT2D eigenvalue weighted by atomic mass is 32.2. The number of hydrogen-bond acceptors (Lipinski definition) is 4. The molecule has 0 aromatic heterocycles. The van der Waals surface area contributed by atoms with E-state index in [0.717, 1.165) is 24.2 Å². The lowest BCUT2D eigenvalue weighted by Gasteiger charge is -2.14. The first kappa shape index (κ1) is 13.9. The van der Waals surface area contributed by atoms with Crippen LogP contribution in [0.15, 0.2) is 29.2 Å². The third kappa shape index (κ3) is 4.30. The van der Waals surface area contributed by atoms with E-state index in [1.54, 1.807) is 12.1 Å². The van der Waals surface area contributed by atoms with E-state index in [1.807, 2.05) is 12.1 Å². The molecule has 0 amide bonds. The van der Waals surface area contributed by atoms with Crippen LogP contribution in [0.5, 0.6) is 5.75 Å². The van der Waals surface area contributed by atoms with Gasteiger partial charge in [-0.05, 0) is 18.6 Å². The molecule has 1 aromatic carbocycles. The van der Waals surface area contributed by atoms with Crippen LogP contribution in [0.2, 0.25) is 0 Å². The normalized spacial score (nSPS) is 12.1. The molecule has 1 aromatic rings. The van der Waals surface area contributed by atoms with Crippen LogP contribution in [-0.4, -0.2) is 23.4 Å². The van der Waals surface area contributed by atoms with E-state index in [-0.39, 0.29) is 17.0 Å². The number of ether oxygens (including phenoxy) is 1. The summed E-state index contributed by atoms with van der Waals surface area (Å²) in [6.07, 6.45) is 2.78. The summed E-state index contributed by atoms with van der Waals surface area (Å²) in [6, 6.07) is 7.03. The Labute approximate surface area is 106 Å². The van der Waals surface area contributed by atoms with Gasteiger partial charge in [-0.1, -0.05) is 31.9 Å². The second-order valence-corrected chi connectivity index (χ2v) is 4.98. The summed E-state index contributed by atoms with van der Waals surface area (Å²) in [7, 11) is 1.40. The number of rotatable bonds is 6. The van der Waals surface area contributed by atoms with E-state index in [2.05, 4.69) is 6.92 Å². The van der Waals surface area contributed by atoms with Crippen molar-refractivity contribution in [3.8, 4) is 5.75 Å². The van der Waals surface area contributed by atoms with Gasteiger partial charge in [-0.15, -0.1) is 11.8 Å². The fourth-order valence-electron chi connectivity index (χ4n) is 1.46. The third-order valence-electron chi connectivity index (χ3n) is 2.42. The quantitative estimate of drug-likeness (QED) is 0.625. The van der Waals surface area contributed by atoms with Gasteiger partial charge < -0.3 is 9.84 Å². The number of carbonyl (C=O) groups excluding carboxylic acids is 1. The second-order valence-electron chi connectivity index (χ2n) is 3.74. The number of thioether (sulfide) groups is 1. The molecule has 1 rings (SSSR count). The van der Waals surface area contributed by atoms with Gasteiger partial charge in [0.05, 0.1) is 7.11 Å². The number of aromatic hydroxyl groups is 1. The molecule has 1 N–H and O–H groups in total. The van der Waals surface area contributed by atoms with Crippen LogP contribution in [0.1, 0.15) is 26.2 Å². The van der Waals surface area contributed by atoms with Crippen molar-refractivity contribution in [2.45, 2.75) is 36.3 Å². The molecule has 4 heteroatoms. The standard InChI is InChI=1S/C13H18O3S/c1-3-4-8-12(13(15)16-2)17-11-9-6-5-7-10(11)14/h5-7,9,12,14H,3-4,8H2,1-2H3. The Kier molecular flexibility index (Phi) is 5.91. The molecule has 0 aliphatic carbocycles. The summed E-state index contributed by atoms with van der Waals surface area (Å²) < 4.78 is 4.78. The van der Waals surface area contributed by atoms with Gasteiger partial charge >= 0.3 is 5.97 Å². The zero-order valence-corrected chi connectivity index (χ0v) is 11.0. The van der Waals surface area contributed by atoms with E-state index in [0.29, 0.717) is 0 Å². The molecule has 0 spiro atoms. The number of benzene rings is 1. The molecule has 0 radical (unpaired) electrons. The summed E-state index contributed by atoms with van der Waals surface area (Å²) in [6.45, 7) is 2.08. The van der Waals surface area contributed by atoms with Crippen molar-refractivity contribution >= 4 is 17.7 Å². The fourth-order valence-corrected chi connectivity index (χ4v) is 2.59. The molecular weight excluding hydrogens is 236 g/mol. The van der Waals surface area contributed by atoms with Gasteiger partial charge in [0, 0.05) is 4.90 Å². The summed E-state index contributed by atoms with van der Waals surface area (Å²) >= 11 is 1.36. The Morgan fingerprint density at radius 2 is 2.18 bits per heavy atom. The van der Waals surface area contributed by atoms with Gasteiger partial charge in [0.15, 0.2) is 0 Å². The van der Waals surface area contributed by atoms with Gasteiger partial charge in [0.2, 0.25) is 0 Å². The van der Waals surface area contributed by atoms with E-state index in [1.165, 1.54) is 18.9 Å². The molecule has 0 saturated heterocycles. The minimum atomic E-state index is -0.242. The predicted molar refractivity (Wildman–Crippen MR) is 69.3 cm³/mol. The van der Waals surface area contributed by atoms with Crippen LogP contribution in [0, 0.1) is 0 Å². The number of unbranched alkanes of at least 4 members (excludes halogenated alkanes) is 1. The SMILES string of the molecule is CCCCC(Sc1ccccc1O)C(=O)OC. The van der Waals surface area contributed by atoms with Crippen molar-refractivity contribution in [1.29, 1.82) is 0 Å². The molecule has 1 unspecified atom stereocenters. The summed E-state index contributed by atoms with van der Waals surface area (Å²) in [5.74, 6) is -0.0189. The topological polar surface area (TPSA) is 46.5 Å². The van der Waals surface area contributed by atoms with Crippen LogP contribution < -0.4 is 0 Å². The smallest absolute Gasteiger partial charge is 0.319 e. The molecule has 0 aliphatic heterocycles. The maximum absolute atomic E-state index is 11.6. The van der Waals surface area contributed by atoms with Crippen molar-refractivity contribution in [3.63, 3.8) is 0 Å². The van der Waals surface area contributed by atoms with Gasteiger partial charge in [-0.3, -0.25) is 4.79 Å². The lowest BCUT2D eigenvalue weighted by molar-refractivity contribution is -0.140. The van der Waals surface area contributed by atoms with Crippen LogP contribution >= 0.6 is 11.8 Å². The average molecular weight is 254 g/mol. The molecule has 0 saturated carbocycles. The predicted octanol–water partition coefficient (Wildman–Crippen LogP) is 3.22. The largest absolute Gasteiger partial charge is 0.507 e. The summed E-state index contributed by atoms with van der Waals surface area (Å²) in [5.41, 5.74) is 0. The minimum absolute atomic E-state index is 0.211. The molecule has 0 heterocycles. The number of carbonyl (C=O) groups is 1. The van der Waals surface area contributed by atoms with Crippen LogP contribution in [-0.2, 0) is 9.53 Å². The highest BCUT2D eigenvalue weighted by molar-refractivity contribution is 8.00. The van der Waals surface area contributed by atoms with Gasteiger partial charge in [0.25, 0.3) is 0 Å². The Bertz CT molecular complexity index is 365. The Morgan fingerprint density at radius 1 is 1.47 bits per heavy atom. The number of esters is 1. The zero-order chi connectivity index (χ0) is 12.7. The highest BCUT2D eigenvalue weighted by Gasteiger charge is 2.21. The van der Waals surface area contributed by atoms with Crippen molar-refractivity contribution < 1.29 is 14.6 Å². The van der Waals surface area contributed by atoms with Gasteiger partial charge in [-0.2, -0.15) is 0 Å². The molecule has 94 valence electrons. The molecule has 17 heavy (non-hydrogen) atoms. The number of phenols is 1. The van der Waals surface area contributed by atoms with Gasteiger partial charge in [0.1, 0.15) is 11.0 Å². The van der Waals surface area contributed by atoms with E-state index >= 15 is 0 Å². The van der Waals surface area contributed by atoms with Crippen molar-refractivity contribution in [2.75, 3.05) is 7.11 Å². The lowest BCUT2D eigenvalue weighted by atomic mass is 10.2. The molecule has 0 fully saturated rings. The van der Waals surface area contributed by atoms with Crippen molar-refractivity contribution in [2.24, 2.45) is 0 Å². The Hall–Kier alpha value is -1.16. The second kappa shape index (κ2) is 7.22. The number of hydrogen-bond donors (Lipinski definition) is 1. The maximum Gasteiger partial charge on any atom is 0.319 e. The highest BCUT2D eigenvalue weighted by Crippen LogP contribution is 2.33. The number of methoxy groups -OCH3 is 1. The van der Waals surface area contributed by atoms with Crippen molar-refractivity contribution in [3.05, 3.63) is 24.3 Å². The first-order valence-corrected chi connectivity index (χ1v) is 6.59. The Morgan fingerprint density at radius 3 is 2.76 bits per heavy atom. The molecule has 0 bridgehead atoms. The van der Waals surface area contributed by atoms with E-state index in [4.69, 9.17) is 4.74 Å².